The summed E-state index contributed by atoms with van der Waals surface area (Å²) in [7, 11) is 0. The highest BCUT2D eigenvalue weighted by Crippen LogP contribution is 2.25. The summed E-state index contributed by atoms with van der Waals surface area (Å²) in [6.45, 7) is 10.3. The molecule has 0 fully saturated rings. The number of rotatable bonds is 103. The van der Waals surface area contributed by atoms with Gasteiger partial charge in [-0.3, -0.25) is 0 Å². The van der Waals surface area contributed by atoms with Crippen LogP contribution in [0.15, 0.2) is 0 Å². The van der Waals surface area contributed by atoms with Crippen LogP contribution in [0.2, 0.25) is 0 Å². The Labute approximate surface area is 687 Å². The Kier molecular flexibility index (Phi) is 103. The molecule has 2 heteroatoms. The lowest BCUT2D eigenvalue weighted by Crippen LogP contribution is -2.18. The van der Waals surface area contributed by atoms with Crippen molar-refractivity contribution in [1.29, 1.82) is 0 Å². The van der Waals surface area contributed by atoms with Crippen LogP contribution in [0.25, 0.3) is 0 Å². The standard InChI is InChI=1S/C106H214O2/c1-5-8-9-10-11-12-13-14-15-16-17-18-19-20-21-22-23-24-25-26-27-28-29-30-31-32-33-34-35-36-37-38-39-40-41-42-43-44-45-46-47-48-49-50-51-52-53-54-55-56-57-58-59-60-61-62-63-64-65-66-67-68-69-70-71-72-73-74-75-76-77-78-79-80-81-82-83-84-85-86-87-88-89-90-91-92-93-94-95-96-97-98-99-100-101-102-103-106(6-2)104-108-105(4)107-7-3/h105-106H,5-104H2,1-4H3. The fourth-order valence-corrected chi connectivity index (χ4v) is 18.1. The Hall–Kier alpha value is -0.0800. The molecule has 0 rings (SSSR count). The molecule has 0 saturated carbocycles. The first-order valence-corrected chi connectivity index (χ1v) is 53.0. The molecular formula is C106H214O2. The Bertz CT molecular complexity index is 1470. The molecule has 0 amide bonds. The molecular weight excluding hydrogens is 1310 g/mol. The van der Waals surface area contributed by atoms with Gasteiger partial charge in [-0.05, 0) is 26.2 Å². The second-order valence-electron chi connectivity index (χ2n) is 37.0. The van der Waals surface area contributed by atoms with Gasteiger partial charge in [-0.1, -0.05) is 637 Å². The molecule has 0 saturated heterocycles. The lowest BCUT2D eigenvalue weighted by atomic mass is 9.98. The van der Waals surface area contributed by atoms with Crippen LogP contribution < -0.4 is 0 Å². The molecule has 0 aromatic heterocycles. The predicted octanol–water partition coefficient (Wildman–Crippen LogP) is 40.3. The molecule has 108 heavy (non-hydrogen) atoms. The third kappa shape index (κ3) is 100. The summed E-state index contributed by atoms with van der Waals surface area (Å²) in [4.78, 5) is 0. The molecule has 0 aliphatic rings. The van der Waals surface area contributed by atoms with Gasteiger partial charge in [-0.2, -0.15) is 0 Å². The molecule has 0 N–H and O–H groups in total. The molecule has 2 atom stereocenters. The smallest absolute Gasteiger partial charge is 0.154 e. The molecule has 0 aromatic carbocycles. The summed E-state index contributed by atoms with van der Waals surface area (Å²) in [5, 5.41) is 0. The van der Waals surface area contributed by atoms with Crippen LogP contribution in [0.5, 0.6) is 0 Å². The minimum atomic E-state index is -0.0559. The van der Waals surface area contributed by atoms with Crippen molar-refractivity contribution < 1.29 is 9.47 Å². The number of unbranched alkanes of at least 4 members (excludes halogenated alkanes) is 95. The fraction of sp³-hybridized carbons (Fsp3) is 1.00. The van der Waals surface area contributed by atoms with Crippen LogP contribution in [0.1, 0.15) is 657 Å². The van der Waals surface area contributed by atoms with Crippen molar-refractivity contribution in [3.05, 3.63) is 0 Å². The molecule has 0 spiro atoms. The third-order valence-corrected chi connectivity index (χ3v) is 26.0. The summed E-state index contributed by atoms with van der Waals surface area (Å²) in [5.41, 5.74) is 0. The number of hydrogen-bond acceptors (Lipinski definition) is 2. The molecule has 0 heterocycles. The van der Waals surface area contributed by atoms with Crippen molar-refractivity contribution in [3.63, 3.8) is 0 Å². The normalized spacial score (nSPS) is 12.4. The molecule has 0 aliphatic heterocycles. The van der Waals surface area contributed by atoms with E-state index >= 15 is 0 Å². The molecule has 2 unspecified atom stereocenters. The van der Waals surface area contributed by atoms with E-state index in [-0.39, 0.29) is 6.29 Å². The van der Waals surface area contributed by atoms with E-state index in [0.717, 1.165) is 13.2 Å². The Morgan fingerprint density at radius 3 is 0.352 bits per heavy atom. The Morgan fingerprint density at radius 1 is 0.139 bits per heavy atom. The maximum absolute atomic E-state index is 5.87. The Balaban J connectivity index is 3.11. The fourth-order valence-electron chi connectivity index (χ4n) is 18.1. The first-order valence-electron chi connectivity index (χ1n) is 53.0. The van der Waals surface area contributed by atoms with Gasteiger partial charge in [0.15, 0.2) is 6.29 Å². The molecule has 0 radical (unpaired) electrons. The van der Waals surface area contributed by atoms with Crippen LogP contribution in [0, 0.1) is 5.92 Å². The summed E-state index contributed by atoms with van der Waals surface area (Å²) >= 11 is 0. The van der Waals surface area contributed by atoms with Crippen LogP contribution in [-0.2, 0) is 9.47 Å². The summed E-state index contributed by atoms with van der Waals surface area (Å²) < 4.78 is 11.4. The first kappa shape index (κ1) is 108. The summed E-state index contributed by atoms with van der Waals surface area (Å²) in [6, 6.07) is 0. The van der Waals surface area contributed by atoms with E-state index < -0.39 is 0 Å². The van der Waals surface area contributed by atoms with Gasteiger partial charge in [-0.25, -0.2) is 0 Å². The van der Waals surface area contributed by atoms with Gasteiger partial charge < -0.3 is 9.47 Å². The van der Waals surface area contributed by atoms with Crippen molar-refractivity contribution in [1.82, 2.24) is 0 Å². The lowest BCUT2D eigenvalue weighted by Gasteiger charge is -2.18. The quantitative estimate of drug-likeness (QED) is 0.0446. The van der Waals surface area contributed by atoms with E-state index in [2.05, 4.69) is 13.8 Å². The van der Waals surface area contributed by atoms with Crippen molar-refractivity contribution in [2.75, 3.05) is 13.2 Å². The van der Waals surface area contributed by atoms with E-state index in [9.17, 15) is 0 Å². The molecule has 0 bridgehead atoms. The van der Waals surface area contributed by atoms with E-state index in [0.29, 0.717) is 5.92 Å². The molecule has 0 aromatic rings. The van der Waals surface area contributed by atoms with E-state index in [4.69, 9.17) is 9.47 Å². The van der Waals surface area contributed by atoms with Gasteiger partial charge in [0.05, 0.1) is 6.61 Å². The highest BCUT2D eigenvalue weighted by molar-refractivity contribution is 4.62. The topological polar surface area (TPSA) is 18.5 Å². The Morgan fingerprint density at radius 2 is 0.250 bits per heavy atom. The maximum Gasteiger partial charge on any atom is 0.154 e. The minimum absolute atomic E-state index is 0.0559. The van der Waals surface area contributed by atoms with Gasteiger partial charge in [0.2, 0.25) is 0 Å². The maximum atomic E-state index is 5.87. The van der Waals surface area contributed by atoms with Gasteiger partial charge in [0.1, 0.15) is 0 Å². The van der Waals surface area contributed by atoms with Crippen LogP contribution >= 0.6 is 0 Å². The van der Waals surface area contributed by atoms with Gasteiger partial charge in [0, 0.05) is 6.61 Å². The van der Waals surface area contributed by atoms with Gasteiger partial charge >= 0.3 is 0 Å². The van der Waals surface area contributed by atoms with Crippen LogP contribution in [0.4, 0.5) is 0 Å². The molecule has 0 aliphatic carbocycles. The van der Waals surface area contributed by atoms with Gasteiger partial charge in [0.25, 0.3) is 0 Å². The second-order valence-corrected chi connectivity index (χ2v) is 37.0. The average molecular weight is 1520 g/mol. The second kappa shape index (κ2) is 103. The minimum Gasteiger partial charge on any atom is -0.353 e. The van der Waals surface area contributed by atoms with E-state index in [1.165, 1.54) is 629 Å². The van der Waals surface area contributed by atoms with E-state index in [1.54, 1.807) is 0 Å². The zero-order chi connectivity index (χ0) is 77.3. The van der Waals surface area contributed by atoms with Crippen molar-refractivity contribution >= 4 is 0 Å². The SMILES string of the molecule is CCCCCCCCCCCCCCCCCCCCCCCCCCCCCCCCCCCCCCCCCCCCCCCCCCCCCCCCCCCCCCCCCCCCCCCCCCCCCCCCCCCCCCCCCCCCCCCCCCC(CC)COC(C)OCC. The molecule has 2 nitrogen and oxygen atoms in total. The zero-order valence-electron chi connectivity index (χ0n) is 76.7. The lowest BCUT2D eigenvalue weighted by molar-refractivity contribution is -0.135. The van der Waals surface area contributed by atoms with Crippen molar-refractivity contribution in [3.8, 4) is 0 Å². The number of hydrogen-bond donors (Lipinski definition) is 0. The molecule has 650 valence electrons. The van der Waals surface area contributed by atoms with Gasteiger partial charge in [-0.15, -0.1) is 0 Å². The van der Waals surface area contributed by atoms with Crippen molar-refractivity contribution in [2.45, 2.75) is 663 Å². The predicted molar refractivity (Wildman–Crippen MR) is 494 cm³/mol. The summed E-state index contributed by atoms with van der Waals surface area (Å²) in [5.74, 6) is 0.698. The number of ether oxygens (including phenoxy) is 2. The van der Waals surface area contributed by atoms with Crippen LogP contribution in [0.3, 0.4) is 0 Å². The van der Waals surface area contributed by atoms with Crippen molar-refractivity contribution in [2.24, 2.45) is 5.92 Å². The zero-order valence-corrected chi connectivity index (χ0v) is 76.7. The monoisotopic (exact) mass is 1520 g/mol. The van der Waals surface area contributed by atoms with Crippen LogP contribution in [-0.4, -0.2) is 19.5 Å². The first-order chi connectivity index (χ1) is 53.7. The summed E-state index contributed by atoms with van der Waals surface area (Å²) in [6.07, 6.45) is 145. The highest BCUT2D eigenvalue weighted by atomic mass is 16.7. The highest BCUT2D eigenvalue weighted by Gasteiger charge is 2.10. The average Bonchev–Trinajstić information content (AvgIpc) is 1.16. The third-order valence-electron chi connectivity index (χ3n) is 26.0. The van der Waals surface area contributed by atoms with E-state index in [1.807, 2.05) is 13.8 Å². The largest absolute Gasteiger partial charge is 0.353 e.